The van der Waals surface area contributed by atoms with Crippen LogP contribution in [0.5, 0.6) is 0 Å². The van der Waals surface area contributed by atoms with E-state index < -0.39 is 7.14 Å². The first-order valence-corrected chi connectivity index (χ1v) is 12.7. The molecule has 2 aromatic carbocycles. The van der Waals surface area contributed by atoms with Crippen LogP contribution in [0, 0.1) is 0 Å². The zero-order valence-electron chi connectivity index (χ0n) is 17.2. The molecule has 3 rings (SSSR count). The van der Waals surface area contributed by atoms with Crippen LogP contribution in [0.4, 0.5) is 0 Å². The Morgan fingerprint density at radius 2 is 1.55 bits per heavy atom. The molecule has 0 saturated carbocycles. The summed E-state index contributed by atoms with van der Waals surface area (Å²) in [6.07, 6.45) is 11.0. The molecule has 0 aromatic heterocycles. The van der Waals surface area contributed by atoms with E-state index in [1.165, 1.54) is 12.8 Å². The second-order valence-electron chi connectivity index (χ2n) is 7.58. The Morgan fingerprint density at radius 3 is 2.17 bits per heavy atom. The minimum Gasteiger partial charge on any atom is -0.353 e. The molecule has 1 atom stereocenters. The van der Waals surface area contributed by atoms with E-state index in [4.69, 9.17) is 9.47 Å². The molecule has 1 fully saturated rings. The number of ether oxygens (including phenoxy) is 2. The molecule has 1 unspecified atom stereocenters. The second-order valence-corrected chi connectivity index (χ2v) is 10.2. The highest BCUT2D eigenvalue weighted by Gasteiger charge is 2.23. The molecular formula is C25H33O3P. The largest absolute Gasteiger partial charge is 0.353 e. The maximum absolute atomic E-state index is 13.8. The van der Waals surface area contributed by atoms with Crippen molar-refractivity contribution >= 4 is 17.8 Å². The van der Waals surface area contributed by atoms with Gasteiger partial charge in [-0.2, -0.15) is 0 Å². The summed E-state index contributed by atoms with van der Waals surface area (Å²) in [6, 6.07) is 19.6. The van der Waals surface area contributed by atoms with E-state index in [9.17, 15) is 4.57 Å². The third kappa shape index (κ3) is 6.96. The number of hydrogen-bond donors (Lipinski definition) is 0. The molecule has 29 heavy (non-hydrogen) atoms. The van der Waals surface area contributed by atoms with Crippen molar-refractivity contribution in [1.82, 2.24) is 0 Å². The van der Waals surface area contributed by atoms with Crippen molar-refractivity contribution in [1.29, 1.82) is 0 Å². The summed E-state index contributed by atoms with van der Waals surface area (Å²) in [5, 5.41) is 1.79. The van der Waals surface area contributed by atoms with E-state index >= 15 is 0 Å². The van der Waals surface area contributed by atoms with Gasteiger partial charge in [0.1, 0.15) is 0 Å². The van der Waals surface area contributed by atoms with Crippen LogP contribution >= 0.6 is 7.14 Å². The Kier molecular flexibility index (Phi) is 9.21. The van der Waals surface area contributed by atoms with E-state index in [1.54, 1.807) is 0 Å². The van der Waals surface area contributed by atoms with Crippen molar-refractivity contribution in [3.05, 3.63) is 72.6 Å². The SMILES string of the molecule is O=P(C=CCCCCCCOC1CCCCO1)(c1ccccc1)c1ccccc1. The lowest BCUT2D eigenvalue weighted by Crippen LogP contribution is -2.22. The molecule has 0 aliphatic carbocycles. The van der Waals surface area contributed by atoms with Crippen molar-refractivity contribution < 1.29 is 14.0 Å². The van der Waals surface area contributed by atoms with Gasteiger partial charge >= 0.3 is 0 Å². The highest BCUT2D eigenvalue weighted by molar-refractivity contribution is 7.81. The van der Waals surface area contributed by atoms with Crippen LogP contribution in [-0.4, -0.2) is 19.5 Å². The second kappa shape index (κ2) is 12.1. The summed E-state index contributed by atoms with van der Waals surface area (Å²) in [5.41, 5.74) is 0. The molecule has 0 amide bonds. The van der Waals surface area contributed by atoms with E-state index in [0.29, 0.717) is 0 Å². The molecule has 4 heteroatoms. The van der Waals surface area contributed by atoms with Crippen LogP contribution in [0.15, 0.2) is 72.6 Å². The fraction of sp³-hybridized carbons (Fsp3) is 0.440. The highest BCUT2D eigenvalue weighted by Crippen LogP contribution is 2.45. The zero-order valence-corrected chi connectivity index (χ0v) is 18.1. The molecule has 3 nitrogen and oxygen atoms in total. The van der Waals surface area contributed by atoms with Gasteiger partial charge in [-0.15, -0.1) is 0 Å². The third-order valence-electron chi connectivity index (χ3n) is 5.30. The molecule has 156 valence electrons. The van der Waals surface area contributed by atoms with Crippen molar-refractivity contribution in [3.8, 4) is 0 Å². The number of rotatable bonds is 11. The molecule has 1 aliphatic rings. The smallest absolute Gasteiger partial charge is 0.163 e. The first-order chi connectivity index (χ1) is 14.3. The maximum atomic E-state index is 13.8. The molecule has 0 bridgehead atoms. The van der Waals surface area contributed by atoms with Crippen LogP contribution < -0.4 is 10.6 Å². The highest BCUT2D eigenvalue weighted by atomic mass is 31.2. The number of hydrogen-bond acceptors (Lipinski definition) is 3. The molecule has 0 radical (unpaired) electrons. The third-order valence-corrected chi connectivity index (χ3v) is 8.06. The summed E-state index contributed by atoms with van der Waals surface area (Å²) in [6.45, 7) is 1.63. The van der Waals surface area contributed by atoms with E-state index in [0.717, 1.165) is 62.3 Å². The lowest BCUT2D eigenvalue weighted by molar-refractivity contribution is -0.162. The molecule has 1 aliphatic heterocycles. The fourth-order valence-corrected chi connectivity index (χ4v) is 5.94. The van der Waals surface area contributed by atoms with Crippen LogP contribution in [0.1, 0.15) is 51.4 Å². The maximum Gasteiger partial charge on any atom is 0.163 e. The van der Waals surface area contributed by atoms with Gasteiger partial charge in [-0.05, 0) is 44.3 Å². The predicted molar refractivity (Wildman–Crippen MR) is 122 cm³/mol. The summed E-state index contributed by atoms with van der Waals surface area (Å²) < 4.78 is 25.2. The first kappa shape index (κ1) is 22.0. The van der Waals surface area contributed by atoms with Crippen LogP contribution in [0.3, 0.4) is 0 Å². The predicted octanol–water partition coefficient (Wildman–Crippen LogP) is 6.01. The normalized spacial score (nSPS) is 17.6. The molecular weight excluding hydrogens is 379 g/mol. The quantitative estimate of drug-likeness (QED) is 0.335. The lowest BCUT2D eigenvalue weighted by atomic mass is 10.1. The molecule has 1 saturated heterocycles. The molecule has 2 aromatic rings. The van der Waals surface area contributed by atoms with Gasteiger partial charge in [0, 0.05) is 23.8 Å². The Balaban J connectivity index is 1.42. The lowest BCUT2D eigenvalue weighted by Gasteiger charge is -2.22. The summed E-state index contributed by atoms with van der Waals surface area (Å²) in [7, 11) is -2.72. The Morgan fingerprint density at radius 1 is 0.897 bits per heavy atom. The number of allylic oxidation sites excluding steroid dienone is 1. The number of unbranched alkanes of at least 4 members (excludes halogenated alkanes) is 4. The van der Waals surface area contributed by atoms with Gasteiger partial charge in [0.05, 0.1) is 0 Å². The van der Waals surface area contributed by atoms with Crippen LogP contribution in [-0.2, 0) is 14.0 Å². The van der Waals surface area contributed by atoms with Crippen molar-refractivity contribution in [2.75, 3.05) is 13.2 Å². The number of benzene rings is 2. The fourth-order valence-electron chi connectivity index (χ4n) is 3.62. The van der Waals surface area contributed by atoms with Gasteiger partial charge in [0.15, 0.2) is 13.4 Å². The van der Waals surface area contributed by atoms with Crippen molar-refractivity contribution in [3.63, 3.8) is 0 Å². The molecule has 0 spiro atoms. The van der Waals surface area contributed by atoms with E-state index in [-0.39, 0.29) is 6.29 Å². The van der Waals surface area contributed by atoms with Crippen molar-refractivity contribution in [2.24, 2.45) is 0 Å². The minimum absolute atomic E-state index is 0.0248. The minimum atomic E-state index is -2.72. The Labute approximate surface area is 175 Å². The van der Waals surface area contributed by atoms with Crippen molar-refractivity contribution in [2.45, 2.75) is 57.7 Å². The standard InChI is InChI=1S/C25H33O3P/c26-29(23-15-7-5-8-16-23,24-17-9-6-10-18-24)22-14-4-2-1-3-12-20-27-25-19-11-13-21-28-25/h5-10,14-18,22,25H,1-4,11-13,19-21H2. The van der Waals surface area contributed by atoms with Crippen LogP contribution in [0.25, 0.3) is 0 Å². The summed E-state index contributed by atoms with van der Waals surface area (Å²) >= 11 is 0. The van der Waals surface area contributed by atoms with Gasteiger partial charge in [0.25, 0.3) is 0 Å². The zero-order chi connectivity index (χ0) is 20.2. The average molecular weight is 413 g/mol. The van der Waals surface area contributed by atoms with Gasteiger partial charge in [0.2, 0.25) is 0 Å². The summed E-state index contributed by atoms with van der Waals surface area (Å²) in [4.78, 5) is 0. The molecule has 1 heterocycles. The van der Waals surface area contributed by atoms with Crippen LogP contribution in [0.2, 0.25) is 0 Å². The van der Waals surface area contributed by atoms with Gasteiger partial charge in [-0.25, -0.2) is 0 Å². The Bertz CT molecular complexity index is 724. The van der Waals surface area contributed by atoms with Gasteiger partial charge < -0.3 is 14.0 Å². The van der Waals surface area contributed by atoms with E-state index in [2.05, 4.69) is 6.08 Å². The monoisotopic (exact) mass is 412 g/mol. The molecule has 0 N–H and O–H groups in total. The Hall–Kier alpha value is -1.67. The topological polar surface area (TPSA) is 35.5 Å². The van der Waals surface area contributed by atoms with Gasteiger partial charge in [-0.1, -0.05) is 79.6 Å². The van der Waals surface area contributed by atoms with E-state index in [1.807, 2.05) is 66.5 Å². The average Bonchev–Trinajstić information content (AvgIpc) is 2.79. The summed E-state index contributed by atoms with van der Waals surface area (Å²) in [5.74, 6) is 1.95. The first-order valence-electron chi connectivity index (χ1n) is 10.9. The van der Waals surface area contributed by atoms with Gasteiger partial charge in [-0.3, -0.25) is 0 Å².